The summed E-state index contributed by atoms with van der Waals surface area (Å²) in [7, 11) is 0. The van der Waals surface area contributed by atoms with Crippen molar-refractivity contribution in [1.29, 1.82) is 0 Å². The summed E-state index contributed by atoms with van der Waals surface area (Å²) in [6.45, 7) is 12.9. The third kappa shape index (κ3) is 31.3. The van der Waals surface area contributed by atoms with Gasteiger partial charge in [0.1, 0.15) is 12.1 Å². The number of ether oxygens (including phenoxy) is 1. The fourth-order valence-electron chi connectivity index (χ4n) is 0.462. The van der Waals surface area contributed by atoms with E-state index < -0.39 is 24.2 Å². The number of carboxylic acids is 1. The van der Waals surface area contributed by atoms with Crippen LogP contribution in [0.15, 0.2) is 0 Å². The molecule has 0 bridgehead atoms. The standard InChI is InChI=1S/C7H13NO4.C3H8.C2H6/c1-7(2,3)12-6(11)8-4-5(9)10;1-3-2;1-2/h4H2,1-3H3,(H,8,11)(H,9,10);3H2,1-2H3;1-2H3. The van der Waals surface area contributed by atoms with Crippen LogP contribution in [0.1, 0.15) is 54.9 Å². The Bertz CT molecular complexity index is 197. The van der Waals surface area contributed by atoms with E-state index in [4.69, 9.17) is 9.84 Å². The van der Waals surface area contributed by atoms with Crippen molar-refractivity contribution in [3.63, 3.8) is 0 Å². The van der Waals surface area contributed by atoms with Crippen molar-refractivity contribution in [2.24, 2.45) is 0 Å². The van der Waals surface area contributed by atoms with Gasteiger partial charge in [-0.05, 0) is 20.8 Å². The molecule has 0 rings (SSSR count). The second-order valence-electron chi connectivity index (χ2n) is 3.96. The normalized spacial score (nSPS) is 8.88. The second-order valence-corrected chi connectivity index (χ2v) is 3.96. The van der Waals surface area contributed by atoms with Gasteiger partial charge in [-0.1, -0.05) is 34.1 Å². The summed E-state index contributed by atoms with van der Waals surface area (Å²) in [5.41, 5.74) is -0.595. The number of hydrogen-bond acceptors (Lipinski definition) is 3. The van der Waals surface area contributed by atoms with Gasteiger partial charge in [-0.2, -0.15) is 0 Å². The van der Waals surface area contributed by atoms with Gasteiger partial charge in [-0.15, -0.1) is 0 Å². The van der Waals surface area contributed by atoms with Crippen LogP contribution in [0.3, 0.4) is 0 Å². The smallest absolute Gasteiger partial charge is 0.408 e. The van der Waals surface area contributed by atoms with E-state index in [1.54, 1.807) is 20.8 Å². The lowest BCUT2D eigenvalue weighted by Crippen LogP contribution is -2.35. The van der Waals surface area contributed by atoms with Crippen LogP contribution in [-0.2, 0) is 9.53 Å². The Labute approximate surface area is 105 Å². The number of aliphatic carboxylic acids is 1. The molecule has 0 atom stereocenters. The van der Waals surface area contributed by atoms with Gasteiger partial charge < -0.3 is 15.2 Å². The maximum absolute atomic E-state index is 10.8. The lowest BCUT2D eigenvalue weighted by molar-refractivity contribution is -0.136. The molecule has 0 aromatic carbocycles. The zero-order valence-corrected chi connectivity index (χ0v) is 12.1. The number of hydrogen-bond donors (Lipinski definition) is 2. The molecule has 0 heterocycles. The minimum absolute atomic E-state index is 0.422. The minimum Gasteiger partial charge on any atom is -0.480 e. The van der Waals surface area contributed by atoms with Crippen molar-refractivity contribution in [3.8, 4) is 0 Å². The van der Waals surface area contributed by atoms with Gasteiger partial charge in [-0.25, -0.2) is 4.79 Å². The quantitative estimate of drug-likeness (QED) is 0.788. The molecule has 5 heteroatoms. The van der Waals surface area contributed by atoms with E-state index in [0.29, 0.717) is 0 Å². The zero-order valence-electron chi connectivity index (χ0n) is 12.1. The van der Waals surface area contributed by atoms with Crippen LogP contribution in [0.2, 0.25) is 0 Å². The van der Waals surface area contributed by atoms with Gasteiger partial charge in [-0.3, -0.25) is 4.79 Å². The Hall–Kier alpha value is -1.26. The zero-order chi connectivity index (χ0) is 14.5. The average molecular weight is 249 g/mol. The highest BCUT2D eigenvalue weighted by Gasteiger charge is 2.15. The van der Waals surface area contributed by atoms with Crippen LogP contribution in [0, 0.1) is 0 Å². The number of carboxylic acid groups (broad SMARTS) is 1. The maximum Gasteiger partial charge on any atom is 0.408 e. The number of alkyl carbamates (subject to hydrolysis) is 1. The van der Waals surface area contributed by atoms with Crippen LogP contribution in [0.5, 0.6) is 0 Å². The molecular formula is C12H27NO4. The van der Waals surface area contributed by atoms with E-state index in [-0.39, 0.29) is 0 Å². The summed E-state index contributed by atoms with van der Waals surface area (Å²) in [4.78, 5) is 20.8. The summed E-state index contributed by atoms with van der Waals surface area (Å²) >= 11 is 0. The van der Waals surface area contributed by atoms with Crippen molar-refractivity contribution in [3.05, 3.63) is 0 Å². The molecule has 0 aromatic heterocycles. The first-order chi connectivity index (χ1) is 7.72. The minimum atomic E-state index is -1.10. The number of amides is 1. The Morgan fingerprint density at radius 2 is 1.53 bits per heavy atom. The van der Waals surface area contributed by atoms with Crippen LogP contribution < -0.4 is 5.32 Å². The first kappa shape index (κ1) is 21.1. The van der Waals surface area contributed by atoms with Crippen molar-refractivity contribution in [2.45, 2.75) is 60.5 Å². The molecule has 0 aliphatic heterocycles. The molecule has 17 heavy (non-hydrogen) atoms. The molecule has 0 radical (unpaired) electrons. The highest BCUT2D eigenvalue weighted by Crippen LogP contribution is 2.05. The lowest BCUT2D eigenvalue weighted by atomic mass is 10.2. The SMILES string of the molecule is CC.CC(C)(C)OC(=O)NCC(=O)O.CCC. The van der Waals surface area contributed by atoms with Crippen LogP contribution >= 0.6 is 0 Å². The van der Waals surface area contributed by atoms with Crippen molar-refractivity contribution in [1.82, 2.24) is 5.32 Å². The van der Waals surface area contributed by atoms with Gasteiger partial charge in [0.2, 0.25) is 0 Å². The molecule has 0 aliphatic rings. The fraction of sp³-hybridized carbons (Fsp3) is 0.833. The first-order valence-electron chi connectivity index (χ1n) is 5.91. The van der Waals surface area contributed by atoms with E-state index in [0.717, 1.165) is 0 Å². The number of nitrogens with one attached hydrogen (secondary N) is 1. The highest BCUT2D eigenvalue weighted by molar-refractivity contribution is 5.76. The summed E-state index contributed by atoms with van der Waals surface area (Å²) in [6, 6.07) is 0. The molecule has 0 unspecified atom stereocenters. The first-order valence-corrected chi connectivity index (χ1v) is 5.91. The largest absolute Gasteiger partial charge is 0.480 e. The van der Waals surface area contributed by atoms with Crippen molar-refractivity contribution in [2.75, 3.05) is 6.54 Å². The lowest BCUT2D eigenvalue weighted by Gasteiger charge is -2.19. The van der Waals surface area contributed by atoms with E-state index in [2.05, 4.69) is 19.2 Å². The molecule has 5 nitrogen and oxygen atoms in total. The monoisotopic (exact) mass is 249 g/mol. The van der Waals surface area contributed by atoms with Crippen molar-refractivity contribution >= 4 is 12.1 Å². The predicted octanol–water partition coefficient (Wildman–Crippen LogP) is 3.04. The van der Waals surface area contributed by atoms with Gasteiger partial charge >= 0.3 is 12.1 Å². The fourth-order valence-corrected chi connectivity index (χ4v) is 0.462. The van der Waals surface area contributed by atoms with Crippen molar-refractivity contribution < 1.29 is 19.4 Å². The third-order valence-corrected chi connectivity index (χ3v) is 0.783. The molecule has 0 saturated heterocycles. The summed E-state index contributed by atoms with van der Waals surface area (Å²) < 4.78 is 4.77. The molecule has 2 N–H and O–H groups in total. The number of carbonyl (C=O) groups excluding carboxylic acids is 1. The van der Waals surface area contributed by atoms with Gasteiger partial charge in [0.15, 0.2) is 0 Å². The van der Waals surface area contributed by atoms with E-state index in [1.807, 2.05) is 13.8 Å². The molecule has 104 valence electrons. The molecule has 0 fully saturated rings. The number of rotatable bonds is 2. The van der Waals surface area contributed by atoms with Crippen LogP contribution in [-0.4, -0.2) is 29.3 Å². The van der Waals surface area contributed by atoms with Gasteiger partial charge in [0.05, 0.1) is 0 Å². The van der Waals surface area contributed by atoms with Gasteiger partial charge in [0, 0.05) is 0 Å². The molecule has 0 spiro atoms. The number of carbonyl (C=O) groups is 2. The predicted molar refractivity (Wildman–Crippen MR) is 69.2 cm³/mol. The molecule has 1 amide bonds. The molecule has 0 aromatic rings. The second kappa shape index (κ2) is 12.8. The van der Waals surface area contributed by atoms with E-state index in [1.165, 1.54) is 6.42 Å². The van der Waals surface area contributed by atoms with Gasteiger partial charge in [0.25, 0.3) is 0 Å². The highest BCUT2D eigenvalue weighted by atomic mass is 16.6. The maximum atomic E-state index is 10.8. The van der Waals surface area contributed by atoms with Crippen LogP contribution in [0.4, 0.5) is 4.79 Å². The Balaban J connectivity index is -0.000000337. The summed E-state index contributed by atoms with van der Waals surface area (Å²) in [5.74, 6) is -1.10. The van der Waals surface area contributed by atoms with E-state index >= 15 is 0 Å². The Morgan fingerprint density at radius 3 is 1.76 bits per heavy atom. The Morgan fingerprint density at radius 1 is 1.18 bits per heavy atom. The molecule has 0 aliphatic carbocycles. The Kier molecular flexibility index (Phi) is 15.9. The summed E-state index contributed by atoms with van der Waals surface area (Å²) in [6.07, 6.45) is 0.532. The average Bonchev–Trinajstić information content (AvgIpc) is 2.16. The molecule has 0 saturated carbocycles. The molecular weight excluding hydrogens is 222 g/mol. The third-order valence-electron chi connectivity index (χ3n) is 0.783. The topological polar surface area (TPSA) is 75.6 Å². The summed E-state index contributed by atoms with van der Waals surface area (Å²) in [5, 5.41) is 10.3. The van der Waals surface area contributed by atoms with E-state index in [9.17, 15) is 9.59 Å². The van der Waals surface area contributed by atoms with Crippen LogP contribution in [0.25, 0.3) is 0 Å².